The molecule has 5 nitrogen and oxygen atoms in total. The summed E-state index contributed by atoms with van der Waals surface area (Å²) in [5.41, 5.74) is 0. The van der Waals surface area contributed by atoms with Crippen molar-refractivity contribution in [2.45, 2.75) is 38.6 Å². The van der Waals surface area contributed by atoms with Crippen LogP contribution in [0.15, 0.2) is 0 Å². The monoisotopic (exact) mass is 282 g/mol. The highest BCUT2D eigenvalue weighted by Crippen LogP contribution is 2.33. The van der Waals surface area contributed by atoms with Crippen molar-refractivity contribution in [3.05, 3.63) is 0 Å². The Bertz CT molecular complexity index is 383. The van der Waals surface area contributed by atoms with Crippen LogP contribution in [0.25, 0.3) is 0 Å². The quantitative estimate of drug-likeness (QED) is 0.847. The Morgan fingerprint density at radius 3 is 2.20 bits per heavy atom. The smallest absolute Gasteiger partial charge is 0.307 e. The third kappa shape index (κ3) is 2.97. The molecule has 114 valence electrons. The van der Waals surface area contributed by atoms with Crippen LogP contribution in [-0.2, 0) is 9.59 Å². The highest BCUT2D eigenvalue weighted by atomic mass is 16.4. The molecule has 1 amide bonds. The van der Waals surface area contributed by atoms with Crippen molar-refractivity contribution in [1.29, 1.82) is 0 Å². The average molecular weight is 282 g/mol. The molecule has 1 heterocycles. The number of hydrogen-bond donors (Lipinski definition) is 1. The molecule has 20 heavy (non-hydrogen) atoms. The molecule has 1 aliphatic heterocycles. The Morgan fingerprint density at radius 1 is 1.10 bits per heavy atom. The molecule has 2 fully saturated rings. The fourth-order valence-corrected chi connectivity index (χ4v) is 3.76. The Kier molecular flexibility index (Phi) is 4.68. The zero-order chi connectivity index (χ0) is 14.9. The number of likely N-dealkylation sites (N-methyl/N-ethyl adjacent to an activating group) is 1. The van der Waals surface area contributed by atoms with E-state index in [0.717, 1.165) is 32.4 Å². The van der Waals surface area contributed by atoms with Crippen LogP contribution in [0.4, 0.5) is 0 Å². The Hall–Kier alpha value is -1.10. The molecule has 2 aliphatic rings. The number of likely N-dealkylation sites (tertiary alicyclic amines) is 1. The minimum absolute atomic E-state index is 0.0632. The van der Waals surface area contributed by atoms with Crippen molar-refractivity contribution in [1.82, 2.24) is 9.80 Å². The first-order valence-corrected chi connectivity index (χ1v) is 7.59. The molecule has 4 unspecified atom stereocenters. The van der Waals surface area contributed by atoms with Crippen molar-refractivity contribution >= 4 is 11.9 Å². The lowest BCUT2D eigenvalue weighted by Gasteiger charge is -2.31. The van der Waals surface area contributed by atoms with Gasteiger partial charge in [0.25, 0.3) is 0 Å². The minimum atomic E-state index is -0.806. The molecule has 0 radical (unpaired) electrons. The van der Waals surface area contributed by atoms with Gasteiger partial charge in [0.1, 0.15) is 0 Å². The van der Waals surface area contributed by atoms with Crippen LogP contribution in [0.2, 0.25) is 0 Å². The summed E-state index contributed by atoms with van der Waals surface area (Å²) >= 11 is 0. The number of amides is 1. The summed E-state index contributed by atoms with van der Waals surface area (Å²) in [6.07, 6.45) is 3.28. The van der Waals surface area contributed by atoms with Gasteiger partial charge < -0.3 is 14.9 Å². The van der Waals surface area contributed by atoms with E-state index in [1.54, 1.807) is 0 Å². The second-order valence-electron chi connectivity index (χ2n) is 6.59. The molecule has 1 saturated heterocycles. The molecule has 0 bridgehead atoms. The summed E-state index contributed by atoms with van der Waals surface area (Å²) in [6.45, 7) is 3.65. The summed E-state index contributed by atoms with van der Waals surface area (Å²) in [4.78, 5) is 28.1. The summed E-state index contributed by atoms with van der Waals surface area (Å²) in [5, 5.41) is 9.31. The standard InChI is InChI=1S/C15H26N2O3/c1-10-8-17(9-13(10)16(2)3)14(18)11-6-4-5-7-12(11)15(19)20/h10-13H,4-9H2,1-3H3,(H,19,20). The number of rotatable bonds is 3. The molecule has 1 saturated carbocycles. The van der Waals surface area contributed by atoms with Gasteiger partial charge in [-0.05, 0) is 32.9 Å². The minimum Gasteiger partial charge on any atom is -0.481 e. The number of carboxylic acid groups (broad SMARTS) is 1. The highest BCUT2D eigenvalue weighted by molar-refractivity contribution is 5.85. The lowest BCUT2D eigenvalue weighted by molar-refractivity contribution is -0.152. The van der Waals surface area contributed by atoms with E-state index >= 15 is 0 Å². The maximum absolute atomic E-state index is 12.7. The lowest BCUT2D eigenvalue weighted by Crippen LogP contribution is -2.42. The molecular weight excluding hydrogens is 256 g/mol. The van der Waals surface area contributed by atoms with Crippen LogP contribution in [0.3, 0.4) is 0 Å². The van der Waals surface area contributed by atoms with E-state index < -0.39 is 11.9 Å². The molecule has 1 N–H and O–H groups in total. The third-order valence-corrected chi connectivity index (χ3v) is 4.95. The Labute approximate surface area is 120 Å². The summed E-state index contributed by atoms with van der Waals surface area (Å²) in [7, 11) is 4.08. The number of hydrogen-bond acceptors (Lipinski definition) is 3. The molecule has 0 aromatic rings. The number of carbonyl (C=O) groups excluding carboxylic acids is 1. The van der Waals surface area contributed by atoms with Gasteiger partial charge in [0, 0.05) is 19.1 Å². The average Bonchev–Trinajstić information content (AvgIpc) is 2.80. The van der Waals surface area contributed by atoms with Gasteiger partial charge in [-0.2, -0.15) is 0 Å². The zero-order valence-corrected chi connectivity index (χ0v) is 12.7. The van der Waals surface area contributed by atoms with Crippen molar-refractivity contribution in [2.24, 2.45) is 17.8 Å². The number of carboxylic acids is 1. The topological polar surface area (TPSA) is 60.9 Å². The molecule has 0 aromatic heterocycles. The van der Waals surface area contributed by atoms with E-state index in [-0.39, 0.29) is 11.8 Å². The number of carbonyl (C=O) groups is 2. The van der Waals surface area contributed by atoms with Gasteiger partial charge in [0.05, 0.1) is 11.8 Å². The van der Waals surface area contributed by atoms with Gasteiger partial charge in [0.15, 0.2) is 0 Å². The maximum Gasteiger partial charge on any atom is 0.307 e. The summed E-state index contributed by atoms with van der Waals surface area (Å²) in [5.74, 6) is -1.09. The Morgan fingerprint density at radius 2 is 1.70 bits per heavy atom. The lowest BCUT2D eigenvalue weighted by atomic mass is 9.78. The highest BCUT2D eigenvalue weighted by Gasteiger charge is 2.41. The van der Waals surface area contributed by atoms with Crippen molar-refractivity contribution in [2.75, 3.05) is 27.2 Å². The third-order valence-electron chi connectivity index (χ3n) is 4.95. The van der Waals surface area contributed by atoms with Crippen LogP contribution in [0.5, 0.6) is 0 Å². The van der Waals surface area contributed by atoms with E-state index in [1.807, 2.05) is 19.0 Å². The van der Waals surface area contributed by atoms with Crippen LogP contribution >= 0.6 is 0 Å². The van der Waals surface area contributed by atoms with Gasteiger partial charge in [-0.25, -0.2) is 0 Å². The zero-order valence-electron chi connectivity index (χ0n) is 12.7. The normalized spacial score (nSPS) is 34.5. The van der Waals surface area contributed by atoms with E-state index in [1.165, 1.54) is 0 Å². The first-order chi connectivity index (χ1) is 9.41. The second-order valence-corrected chi connectivity index (χ2v) is 6.59. The number of aliphatic carboxylic acids is 1. The maximum atomic E-state index is 12.7. The van der Waals surface area contributed by atoms with Crippen molar-refractivity contribution in [3.63, 3.8) is 0 Å². The van der Waals surface area contributed by atoms with Gasteiger partial charge >= 0.3 is 5.97 Å². The fourth-order valence-electron chi connectivity index (χ4n) is 3.76. The van der Waals surface area contributed by atoms with Gasteiger partial charge in [-0.3, -0.25) is 9.59 Å². The van der Waals surface area contributed by atoms with Gasteiger partial charge in [-0.15, -0.1) is 0 Å². The summed E-state index contributed by atoms with van der Waals surface area (Å²) < 4.78 is 0. The fraction of sp³-hybridized carbons (Fsp3) is 0.867. The molecule has 0 spiro atoms. The first-order valence-electron chi connectivity index (χ1n) is 7.59. The molecule has 0 aromatic carbocycles. The van der Waals surface area contributed by atoms with Crippen LogP contribution < -0.4 is 0 Å². The predicted molar refractivity (Wildman–Crippen MR) is 76.3 cm³/mol. The van der Waals surface area contributed by atoms with Crippen molar-refractivity contribution < 1.29 is 14.7 Å². The molecular formula is C15H26N2O3. The second kappa shape index (κ2) is 6.12. The molecule has 2 rings (SSSR count). The largest absolute Gasteiger partial charge is 0.481 e. The predicted octanol–water partition coefficient (Wildman–Crippen LogP) is 1.29. The van der Waals surface area contributed by atoms with E-state index in [2.05, 4.69) is 11.8 Å². The molecule has 1 aliphatic carbocycles. The van der Waals surface area contributed by atoms with Gasteiger partial charge in [0.2, 0.25) is 5.91 Å². The van der Waals surface area contributed by atoms with Crippen molar-refractivity contribution in [3.8, 4) is 0 Å². The van der Waals surface area contributed by atoms with E-state index in [0.29, 0.717) is 18.4 Å². The summed E-state index contributed by atoms with van der Waals surface area (Å²) in [6, 6.07) is 0.380. The molecule has 4 atom stereocenters. The van der Waals surface area contributed by atoms with Gasteiger partial charge in [-0.1, -0.05) is 19.8 Å². The van der Waals surface area contributed by atoms with E-state index in [9.17, 15) is 14.7 Å². The SMILES string of the molecule is CC1CN(C(=O)C2CCCCC2C(=O)O)CC1N(C)C. The van der Waals surface area contributed by atoms with Crippen LogP contribution in [0, 0.1) is 17.8 Å². The molecule has 5 heteroatoms. The van der Waals surface area contributed by atoms with Crippen LogP contribution in [-0.4, -0.2) is 60.0 Å². The Balaban J connectivity index is 2.05. The van der Waals surface area contributed by atoms with Crippen LogP contribution in [0.1, 0.15) is 32.6 Å². The van der Waals surface area contributed by atoms with E-state index in [4.69, 9.17) is 0 Å². The first kappa shape index (κ1) is 15.3. The number of nitrogens with zero attached hydrogens (tertiary/aromatic N) is 2.